The van der Waals surface area contributed by atoms with E-state index in [1.807, 2.05) is 0 Å². The topological polar surface area (TPSA) is 128 Å². The van der Waals surface area contributed by atoms with Crippen molar-refractivity contribution >= 4 is 75.0 Å². The number of thiazole rings is 1. The van der Waals surface area contributed by atoms with E-state index >= 15 is 0 Å². The van der Waals surface area contributed by atoms with Crippen LogP contribution in [0.1, 0.15) is 19.0 Å². The predicted octanol–water partition coefficient (Wildman–Crippen LogP) is 2.23. The Morgan fingerprint density at radius 2 is 2.18 bits per heavy atom. The minimum atomic E-state index is -1.75. The standard InChI is InChI=1S/C14H15Cl3N4O6S/c1-2-25-11(23)9(21-27-8-3-4-18-10(8)22)7-5-28-12(19-7)20-13(24)26-6-14(15,16)17/h5,8H,2-4,6H2,1H3,(H,18,22)(H,19,20,24)/b21-9+. The lowest BCUT2D eigenvalue weighted by atomic mass is 10.3. The Kier molecular flexibility index (Phi) is 8.10. The number of aromatic nitrogens is 1. The van der Waals surface area contributed by atoms with Crippen LogP contribution in [0.2, 0.25) is 0 Å². The summed E-state index contributed by atoms with van der Waals surface area (Å²) in [5, 5.41) is 10.2. The molecule has 14 heteroatoms. The molecule has 1 aromatic heterocycles. The molecule has 1 aliphatic rings. The van der Waals surface area contributed by atoms with Crippen LogP contribution in [0.25, 0.3) is 0 Å². The molecule has 1 saturated heterocycles. The Balaban J connectivity index is 2.08. The highest BCUT2D eigenvalue weighted by atomic mass is 35.6. The number of hydrogen-bond acceptors (Lipinski definition) is 9. The van der Waals surface area contributed by atoms with Gasteiger partial charge in [-0.25, -0.2) is 14.6 Å². The molecule has 1 aromatic rings. The summed E-state index contributed by atoms with van der Waals surface area (Å²) in [6, 6.07) is 0. The number of alkyl halides is 3. The summed E-state index contributed by atoms with van der Waals surface area (Å²) >= 11 is 17.5. The van der Waals surface area contributed by atoms with E-state index in [-0.39, 0.29) is 29.1 Å². The first-order valence-electron chi connectivity index (χ1n) is 7.84. The second kappa shape index (κ2) is 10.1. The number of carbonyl (C=O) groups is 3. The van der Waals surface area contributed by atoms with Gasteiger partial charge in [-0.2, -0.15) is 0 Å². The molecule has 154 valence electrons. The molecule has 2 amide bonds. The molecule has 10 nitrogen and oxygen atoms in total. The number of amides is 2. The summed E-state index contributed by atoms with van der Waals surface area (Å²) in [5.74, 6) is -1.12. The van der Waals surface area contributed by atoms with E-state index in [1.54, 1.807) is 6.92 Å². The van der Waals surface area contributed by atoms with Crippen LogP contribution in [0.15, 0.2) is 10.5 Å². The number of halogens is 3. The number of nitrogens with zero attached hydrogens (tertiary/aromatic N) is 2. The van der Waals surface area contributed by atoms with Crippen molar-refractivity contribution in [3.63, 3.8) is 0 Å². The van der Waals surface area contributed by atoms with Gasteiger partial charge in [-0.05, 0) is 6.92 Å². The molecular weight excluding hydrogens is 459 g/mol. The highest BCUT2D eigenvalue weighted by molar-refractivity contribution is 7.14. The van der Waals surface area contributed by atoms with Gasteiger partial charge in [-0.1, -0.05) is 40.0 Å². The van der Waals surface area contributed by atoms with Gasteiger partial charge in [0.2, 0.25) is 15.6 Å². The predicted molar refractivity (Wildman–Crippen MR) is 103 cm³/mol. The molecule has 1 fully saturated rings. The highest BCUT2D eigenvalue weighted by Crippen LogP contribution is 2.26. The van der Waals surface area contributed by atoms with Gasteiger partial charge >= 0.3 is 12.1 Å². The van der Waals surface area contributed by atoms with E-state index in [0.29, 0.717) is 13.0 Å². The third kappa shape index (κ3) is 6.97. The number of oxime groups is 1. The molecular formula is C14H15Cl3N4O6S. The molecule has 0 spiro atoms. The van der Waals surface area contributed by atoms with E-state index in [2.05, 4.69) is 20.8 Å². The third-order valence-electron chi connectivity index (χ3n) is 3.06. The Bertz CT molecular complexity index is 767. The van der Waals surface area contributed by atoms with Gasteiger partial charge in [0, 0.05) is 18.3 Å². The van der Waals surface area contributed by atoms with Crippen molar-refractivity contribution in [2.45, 2.75) is 23.2 Å². The maximum absolute atomic E-state index is 12.1. The number of hydrogen-bond donors (Lipinski definition) is 2. The number of rotatable bonds is 7. The van der Waals surface area contributed by atoms with Crippen molar-refractivity contribution in [2.75, 3.05) is 25.1 Å². The SMILES string of the molecule is CCOC(=O)/C(=N/OC1CCNC1=O)c1csc(NC(=O)OCC(Cl)(Cl)Cl)n1. The Morgan fingerprint density at radius 3 is 2.79 bits per heavy atom. The molecule has 1 unspecified atom stereocenters. The van der Waals surface area contributed by atoms with Crippen LogP contribution in [-0.4, -0.2) is 58.3 Å². The molecule has 0 bridgehead atoms. The summed E-state index contributed by atoms with van der Waals surface area (Å²) in [4.78, 5) is 44.6. The number of ether oxygens (including phenoxy) is 2. The van der Waals surface area contributed by atoms with Crippen molar-refractivity contribution in [2.24, 2.45) is 5.16 Å². The normalized spacial score (nSPS) is 17.1. The Morgan fingerprint density at radius 1 is 1.43 bits per heavy atom. The zero-order valence-electron chi connectivity index (χ0n) is 14.4. The monoisotopic (exact) mass is 472 g/mol. The number of esters is 1. The summed E-state index contributed by atoms with van der Waals surface area (Å²) in [6.07, 6.45) is -1.30. The first kappa shape index (κ1) is 22.5. The fourth-order valence-electron chi connectivity index (χ4n) is 1.89. The molecule has 0 aromatic carbocycles. The average molecular weight is 474 g/mol. The molecule has 0 aliphatic carbocycles. The molecule has 2 N–H and O–H groups in total. The second-order valence-corrected chi connectivity index (χ2v) is 8.56. The lowest BCUT2D eigenvalue weighted by Gasteiger charge is -2.10. The van der Waals surface area contributed by atoms with Gasteiger partial charge in [-0.15, -0.1) is 11.3 Å². The Hall–Kier alpha value is -1.82. The van der Waals surface area contributed by atoms with Gasteiger partial charge in [0.15, 0.2) is 5.13 Å². The Labute approximate surface area is 178 Å². The number of anilines is 1. The average Bonchev–Trinajstić information content (AvgIpc) is 3.22. The van der Waals surface area contributed by atoms with Crippen molar-refractivity contribution in [1.29, 1.82) is 0 Å². The first-order valence-corrected chi connectivity index (χ1v) is 9.86. The maximum atomic E-state index is 12.1. The summed E-state index contributed by atoms with van der Waals surface area (Å²) in [7, 11) is 0. The zero-order chi connectivity index (χ0) is 20.7. The van der Waals surface area contributed by atoms with Crippen LogP contribution in [0.5, 0.6) is 0 Å². The van der Waals surface area contributed by atoms with Crippen LogP contribution in [0, 0.1) is 0 Å². The summed E-state index contributed by atoms with van der Waals surface area (Å²) in [6.45, 7) is 1.71. The largest absolute Gasteiger partial charge is 0.461 e. The first-order chi connectivity index (χ1) is 13.2. The minimum Gasteiger partial charge on any atom is -0.461 e. The smallest absolute Gasteiger partial charge is 0.413 e. The molecule has 2 heterocycles. The number of nitrogens with one attached hydrogen (secondary N) is 2. The molecule has 2 rings (SSSR count). The van der Waals surface area contributed by atoms with E-state index in [1.165, 1.54) is 5.38 Å². The summed E-state index contributed by atoms with van der Waals surface area (Å²) in [5.41, 5.74) is -0.168. The highest BCUT2D eigenvalue weighted by Gasteiger charge is 2.28. The van der Waals surface area contributed by atoms with Crippen LogP contribution < -0.4 is 10.6 Å². The van der Waals surface area contributed by atoms with E-state index in [0.717, 1.165) is 11.3 Å². The van der Waals surface area contributed by atoms with Crippen LogP contribution in [0.3, 0.4) is 0 Å². The molecule has 1 aliphatic heterocycles. The number of carbonyl (C=O) groups excluding carboxylic acids is 3. The molecule has 1 atom stereocenters. The van der Waals surface area contributed by atoms with E-state index in [4.69, 9.17) is 49.1 Å². The van der Waals surface area contributed by atoms with Gasteiger partial charge in [0.1, 0.15) is 12.3 Å². The van der Waals surface area contributed by atoms with Crippen LogP contribution in [0.4, 0.5) is 9.93 Å². The fourth-order valence-corrected chi connectivity index (χ4v) is 2.73. The molecule has 28 heavy (non-hydrogen) atoms. The minimum absolute atomic E-state index is 0.0820. The van der Waals surface area contributed by atoms with Crippen molar-refractivity contribution in [3.05, 3.63) is 11.1 Å². The molecule has 0 saturated carbocycles. The third-order valence-corrected chi connectivity index (χ3v) is 4.15. The van der Waals surface area contributed by atoms with Gasteiger partial charge in [0.05, 0.1) is 6.61 Å². The van der Waals surface area contributed by atoms with Crippen molar-refractivity contribution in [3.8, 4) is 0 Å². The lowest BCUT2D eigenvalue weighted by Crippen LogP contribution is -2.26. The lowest BCUT2D eigenvalue weighted by molar-refractivity contribution is -0.136. The van der Waals surface area contributed by atoms with Gasteiger partial charge in [-0.3, -0.25) is 10.1 Å². The zero-order valence-corrected chi connectivity index (χ0v) is 17.5. The van der Waals surface area contributed by atoms with Crippen LogP contribution in [-0.2, 0) is 23.9 Å². The van der Waals surface area contributed by atoms with Gasteiger partial charge in [0.25, 0.3) is 5.91 Å². The van der Waals surface area contributed by atoms with Crippen molar-refractivity contribution in [1.82, 2.24) is 10.3 Å². The maximum Gasteiger partial charge on any atom is 0.413 e. The van der Waals surface area contributed by atoms with Crippen LogP contribution >= 0.6 is 46.1 Å². The van der Waals surface area contributed by atoms with Crippen molar-refractivity contribution < 1.29 is 28.7 Å². The van der Waals surface area contributed by atoms with Gasteiger partial charge < -0.3 is 19.6 Å². The fraction of sp³-hybridized carbons (Fsp3) is 0.500. The van der Waals surface area contributed by atoms with E-state index < -0.39 is 28.6 Å². The van der Waals surface area contributed by atoms with E-state index in [9.17, 15) is 14.4 Å². The molecule has 0 radical (unpaired) electrons. The second-order valence-electron chi connectivity index (χ2n) is 5.19. The quantitative estimate of drug-likeness (QED) is 0.269. The summed E-state index contributed by atoms with van der Waals surface area (Å²) < 4.78 is 7.90.